The maximum atomic E-state index is 7.65. The summed E-state index contributed by atoms with van der Waals surface area (Å²) in [6, 6.07) is 125. The van der Waals surface area contributed by atoms with E-state index in [1.165, 1.54) is 5.56 Å². The number of rotatable bonds is 17. The monoisotopic (exact) mass is 1280 g/mol. The second-order valence-corrected chi connectivity index (χ2v) is 32.2. The Morgan fingerprint density at radius 3 is 1.35 bits per heavy atom. The number of para-hydroxylation sites is 6. The first-order valence-corrected chi connectivity index (χ1v) is 36.8. The Kier molecular flexibility index (Phi) is 15.8. The Labute approximate surface area is 567 Å². The molecular formula is C88H68N4O3Si2. The van der Waals surface area contributed by atoms with E-state index < -0.39 is 16.6 Å². The lowest BCUT2D eigenvalue weighted by Gasteiger charge is -2.34. The fourth-order valence-corrected chi connectivity index (χ4v) is 21.7. The SMILES string of the molecule is CC(C)(C)c1ccnc(-n2c3ccccc3c3ccc(Oc4cccc(-n5[c-][n+](-c6c(-c7cccc([Si](Oc8ccccc8)(c8ccccc8)c8ccccc8)c7)cccc6-c6cccc([Si](Oc7ccccc7)(c7ccccc7)c7ccccc7)c6)c6ccccc65)c4)cc32)c1. The zero-order valence-electron chi connectivity index (χ0n) is 54.1. The van der Waals surface area contributed by atoms with Crippen molar-refractivity contribution in [3.63, 3.8) is 0 Å². The minimum atomic E-state index is -3.34. The molecule has 0 amide bonds. The van der Waals surface area contributed by atoms with Gasteiger partial charge < -0.3 is 13.6 Å². The van der Waals surface area contributed by atoms with Gasteiger partial charge in [-0.15, -0.1) is 0 Å². The van der Waals surface area contributed by atoms with Crippen LogP contribution in [0.5, 0.6) is 23.0 Å². The summed E-state index contributed by atoms with van der Waals surface area (Å²) < 4.78 is 29.0. The number of ether oxygens (including phenoxy) is 1. The molecule has 97 heavy (non-hydrogen) atoms. The molecule has 466 valence electrons. The lowest BCUT2D eigenvalue weighted by atomic mass is 9.88. The van der Waals surface area contributed by atoms with E-state index in [0.717, 1.165) is 115 Å². The summed E-state index contributed by atoms with van der Waals surface area (Å²) in [6.45, 7) is 6.72. The zero-order chi connectivity index (χ0) is 65.3. The van der Waals surface area contributed by atoms with Gasteiger partial charge in [0.25, 0.3) is 6.33 Å². The van der Waals surface area contributed by atoms with Crippen LogP contribution in [-0.2, 0) is 5.41 Å². The molecule has 16 aromatic rings. The third kappa shape index (κ3) is 11.2. The molecule has 0 aliphatic heterocycles. The average Bonchev–Trinajstić information content (AvgIpc) is 1.24. The van der Waals surface area contributed by atoms with E-state index in [1.807, 2.05) is 48.7 Å². The van der Waals surface area contributed by atoms with Gasteiger partial charge in [0.15, 0.2) is 0 Å². The topological polar surface area (TPSA) is 54.3 Å². The van der Waals surface area contributed by atoms with E-state index in [-0.39, 0.29) is 5.41 Å². The van der Waals surface area contributed by atoms with Crippen molar-refractivity contribution in [3.05, 3.63) is 370 Å². The number of benzene rings is 13. The molecule has 0 bridgehead atoms. The van der Waals surface area contributed by atoms with Crippen LogP contribution >= 0.6 is 0 Å². The molecule has 9 heteroatoms. The van der Waals surface area contributed by atoms with Crippen molar-refractivity contribution in [2.45, 2.75) is 26.2 Å². The van der Waals surface area contributed by atoms with E-state index in [2.05, 4.69) is 350 Å². The summed E-state index contributed by atoms with van der Waals surface area (Å²) in [5, 5.41) is 9.02. The number of pyridine rings is 1. The molecule has 0 radical (unpaired) electrons. The van der Waals surface area contributed by atoms with E-state index in [1.54, 1.807) is 0 Å². The van der Waals surface area contributed by atoms with Crippen LogP contribution in [0.1, 0.15) is 26.3 Å². The van der Waals surface area contributed by atoms with Gasteiger partial charge in [-0.2, -0.15) is 0 Å². The smallest absolute Gasteiger partial charge is 0.346 e. The van der Waals surface area contributed by atoms with Crippen molar-refractivity contribution in [2.24, 2.45) is 0 Å². The highest BCUT2D eigenvalue weighted by Gasteiger charge is 2.46. The molecule has 0 unspecified atom stereocenters. The van der Waals surface area contributed by atoms with Crippen LogP contribution in [0.4, 0.5) is 0 Å². The first kappa shape index (κ1) is 60.1. The molecule has 0 saturated carbocycles. The second-order valence-electron chi connectivity index (χ2n) is 25.6. The minimum absolute atomic E-state index is 0.0559. The van der Waals surface area contributed by atoms with Crippen LogP contribution in [0.2, 0.25) is 0 Å². The van der Waals surface area contributed by atoms with Crippen molar-refractivity contribution in [2.75, 3.05) is 0 Å². The first-order valence-electron chi connectivity index (χ1n) is 33.0. The van der Waals surface area contributed by atoms with Crippen LogP contribution in [0.25, 0.3) is 72.3 Å². The van der Waals surface area contributed by atoms with Gasteiger partial charge in [-0.25, -0.2) is 4.98 Å². The Balaban J connectivity index is 0.889. The molecule has 16 rings (SSSR count). The molecule has 0 fully saturated rings. The van der Waals surface area contributed by atoms with Gasteiger partial charge in [-0.3, -0.25) is 13.7 Å². The molecule has 0 spiro atoms. The standard InChI is InChI=1S/C88H68N4O3Si2/c1-88(2,3)66-56-57-89-86(60-66)92-82-51-23-22-48-80(82)81-55-54-71(62-85(81)92)93-70-37-28-32-67(61-70)90-63-91(84-53-25-24-52-83(84)90)87-78(64-30-26-46-76(58-64)96(72-38-14-6-15-39-72,73-40-16-7-17-41-73)94-68-33-10-4-11-34-68)49-29-50-79(87)65-31-27-47-77(59-65)97(74-42-18-8-19-43-74,75-44-20-9-21-45-75)95-69-35-12-5-13-36-69/h4-62H,1-3H3. The highest BCUT2D eigenvalue weighted by molar-refractivity contribution is 7.08. The lowest BCUT2D eigenvalue weighted by molar-refractivity contribution is -0.571. The Morgan fingerprint density at radius 1 is 0.361 bits per heavy atom. The third-order valence-electron chi connectivity index (χ3n) is 18.5. The van der Waals surface area contributed by atoms with Crippen molar-refractivity contribution in [3.8, 4) is 62.4 Å². The van der Waals surface area contributed by atoms with Crippen LogP contribution < -0.4 is 49.3 Å². The second kappa shape index (κ2) is 25.4. The maximum absolute atomic E-state index is 7.65. The molecular weight excluding hydrogens is 1220 g/mol. The Morgan fingerprint density at radius 2 is 0.804 bits per heavy atom. The summed E-state index contributed by atoms with van der Waals surface area (Å²) in [5.41, 5.74) is 11.1. The maximum Gasteiger partial charge on any atom is 0.346 e. The predicted molar refractivity (Wildman–Crippen MR) is 401 cm³/mol. The average molecular weight is 1290 g/mol. The fraction of sp³-hybridized carbons (Fsp3) is 0.0455. The number of imidazole rings is 1. The van der Waals surface area contributed by atoms with E-state index in [0.29, 0.717) is 11.5 Å². The highest BCUT2D eigenvalue weighted by atomic mass is 28.4. The van der Waals surface area contributed by atoms with Gasteiger partial charge in [0.05, 0.1) is 33.4 Å². The molecule has 0 aliphatic carbocycles. The van der Waals surface area contributed by atoms with E-state index in [9.17, 15) is 0 Å². The third-order valence-corrected chi connectivity index (χ3v) is 26.4. The summed E-state index contributed by atoms with van der Waals surface area (Å²) in [5.74, 6) is 3.88. The number of fused-ring (bicyclic) bond motifs is 4. The molecule has 0 atom stereocenters. The predicted octanol–water partition coefficient (Wildman–Crippen LogP) is 16.7. The van der Waals surface area contributed by atoms with Crippen LogP contribution in [0, 0.1) is 6.33 Å². The van der Waals surface area contributed by atoms with Crippen LogP contribution in [-0.4, -0.2) is 30.8 Å². The number of hydrogen-bond acceptors (Lipinski definition) is 4. The number of nitrogens with zero attached hydrogens (tertiary/aromatic N) is 4. The van der Waals surface area contributed by atoms with Crippen molar-refractivity contribution in [1.29, 1.82) is 0 Å². The molecule has 3 heterocycles. The summed E-state index contributed by atoms with van der Waals surface area (Å²) >= 11 is 0. The van der Waals surface area contributed by atoms with Gasteiger partial charge in [-0.1, -0.05) is 294 Å². The normalized spacial score (nSPS) is 11.9. The number of hydrogen-bond donors (Lipinski definition) is 0. The van der Waals surface area contributed by atoms with Crippen molar-refractivity contribution >= 4 is 80.6 Å². The first-order chi connectivity index (χ1) is 47.7. The van der Waals surface area contributed by atoms with Crippen LogP contribution in [0.15, 0.2) is 358 Å². The van der Waals surface area contributed by atoms with E-state index in [4.69, 9.17) is 18.6 Å². The highest BCUT2D eigenvalue weighted by Crippen LogP contribution is 2.39. The van der Waals surface area contributed by atoms with Crippen molar-refractivity contribution < 1.29 is 18.2 Å². The zero-order valence-corrected chi connectivity index (χ0v) is 56.1. The molecule has 7 nitrogen and oxygen atoms in total. The van der Waals surface area contributed by atoms with Gasteiger partial charge in [-0.05, 0) is 137 Å². The van der Waals surface area contributed by atoms with Gasteiger partial charge in [0.2, 0.25) is 0 Å². The Bertz CT molecular complexity index is 5220. The fourth-order valence-electron chi connectivity index (χ4n) is 13.9. The van der Waals surface area contributed by atoms with Crippen LogP contribution in [0.3, 0.4) is 0 Å². The molecule has 13 aromatic carbocycles. The summed E-state index contributed by atoms with van der Waals surface area (Å²) in [6.07, 6.45) is 5.93. The Hall–Kier alpha value is -11.9. The summed E-state index contributed by atoms with van der Waals surface area (Å²) in [7, 11) is -6.68. The number of aromatic nitrogens is 4. The molecule has 0 saturated heterocycles. The van der Waals surface area contributed by atoms with E-state index >= 15 is 0 Å². The van der Waals surface area contributed by atoms with Crippen molar-refractivity contribution in [1.82, 2.24) is 14.1 Å². The molecule has 0 N–H and O–H groups in total. The lowest BCUT2D eigenvalue weighted by Crippen LogP contribution is -2.71. The largest absolute Gasteiger partial charge is 0.530 e. The van der Waals surface area contributed by atoms with Gasteiger partial charge >= 0.3 is 16.6 Å². The molecule has 3 aromatic heterocycles. The van der Waals surface area contributed by atoms with Gasteiger partial charge in [0.1, 0.15) is 28.8 Å². The minimum Gasteiger partial charge on any atom is -0.530 e. The summed E-state index contributed by atoms with van der Waals surface area (Å²) in [4.78, 5) is 4.96. The quantitative estimate of drug-likeness (QED) is 0.0395. The van der Waals surface area contributed by atoms with Gasteiger partial charge in [0, 0.05) is 23.0 Å². The molecule has 0 aliphatic rings.